The number of fused-ring (bicyclic) bond motifs is 2. The highest BCUT2D eigenvalue weighted by molar-refractivity contribution is 8.19. The van der Waals surface area contributed by atoms with E-state index in [1.54, 1.807) is 55.5 Å². The fourth-order valence-corrected chi connectivity index (χ4v) is 6.36. The van der Waals surface area contributed by atoms with Crippen LogP contribution in [0.1, 0.15) is 5.56 Å². The molecule has 0 aromatic heterocycles. The van der Waals surface area contributed by atoms with Crippen molar-refractivity contribution in [2.45, 2.75) is 21.6 Å². The maximum absolute atomic E-state index is 12.0. The first-order valence-electron chi connectivity index (χ1n) is 13.0. The minimum absolute atomic E-state index is 0.244. The molecule has 5 aromatic rings. The number of rotatable bonds is 7. The number of hydrogen-bond donors (Lipinski definition) is 6. The van der Waals surface area contributed by atoms with Gasteiger partial charge in [-0.05, 0) is 55.0 Å². The Morgan fingerprint density at radius 2 is 0.938 bits per heavy atom. The van der Waals surface area contributed by atoms with Crippen molar-refractivity contribution in [2.75, 3.05) is 6.26 Å². The van der Waals surface area contributed by atoms with E-state index in [1.165, 1.54) is 18.2 Å². The lowest BCUT2D eigenvalue weighted by molar-refractivity contribution is 0.375. The molecule has 0 bridgehead atoms. The maximum atomic E-state index is 12.0. The van der Waals surface area contributed by atoms with Crippen LogP contribution in [0, 0.1) is 6.92 Å². The van der Waals surface area contributed by atoms with Crippen LogP contribution in [0.4, 0.5) is 22.7 Å². The Kier molecular flexibility index (Phi) is 10.5. The van der Waals surface area contributed by atoms with Crippen molar-refractivity contribution >= 4 is 85.5 Å². The molecule has 5 aromatic carbocycles. The van der Waals surface area contributed by atoms with Crippen LogP contribution in [0.25, 0.3) is 21.5 Å². The summed E-state index contributed by atoms with van der Waals surface area (Å²) in [5, 5.41) is 18.6. The van der Waals surface area contributed by atoms with Gasteiger partial charge in [0.15, 0.2) is 0 Å². The summed E-state index contributed by atoms with van der Waals surface area (Å²) in [5.74, 6) is 0. The van der Waals surface area contributed by atoms with Gasteiger partial charge >= 0.3 is 0 Å². The van der Waals surface area contributed by atoms with Crippen molar-refractivity contribution in [1.82, 2.24) is 0 Å². The van der Waals surface area contributed by atoms with Gasteiger partial charge in [-0.25, -0.2) is 0 Å². The number of aryl methyl sites for hydroxylation is 1. The highest BCUT2D eigenvalue weighted by Gasteiger charge is 2.22. The molecule has 0 aliphatic rings. The lowest BCUT2D eigenvalue weighted by Crippen LogP contribution is -2.01. The van der Waals surface area contributed by atoms with E-state index in [2.05, 4.69) is 20.5 Å². The number of benzene rings is 5. The Hall–Kier alpha value is -4.22. The lowest BCUT2D eigenvalue weighted by Gasteiger charge is -2.19. The summed E-state index contributed by atoms with van der Waals surface area (Å²) in [6.07, 6.45) is 0.715. The molecule has 0 aliphatic heterocycles. The van der Waals surface area contributed by atoms with Gasteiger partial charge in [-0.2, -0.15) is 25.3 Å². The second-order valence-corrected chi connectivity index (χ2v) is 15.7. The van der Waals surface area contributed by atoms with E-state index < -0.39 is 56.7 Å². The Morgan fingerprint density at radius 3 is 1.42 bits per heavy atom. The topological polar surface area (TPSA) is 273 Å². The van der Waals surface area contributed by atoms with Gasteiger partial charge in [0.1, 0.15) is 26.3 Å². The van der Waals surface area contributed by atoms with Crippen LogP contribution in [0.5, 0.6) is 0 Å². The molecular weight excluding hydrogens is 713 g/mol. The second kappa shape index (κ2) is 13.7. The van der Waals surface area contributed by atoms with E-state index >= 15 is 0 Å². The lowest BCUT2D eigenvalue weighted by atomic mass is 10.0. The zero-order valence-corrected chi connectivity index (χ0v) is 27.9. The molecule has 20 heteroatoms. The fourth-order valence-electron chi connectivity index (χ4n) is 4.45. The van der Waals surface area contributed by atoms with Gasteiger partial charge in [0, 0.05) is 21.5 Å². The predicted molar refractivity (Wildman–Crippen MR) is 178 cm³/mol. The van der Waals surface area contributed by atoms with Gasteiger partial charge in [0.2, 0.25) is 0 Å². The van der Waals surface area contributed by atoms with Crippen LogP contribution in [0.2, 0.25) is 0 Å². The van der Waals surface area contributed by atoms with Crippen molar-refractivity contribution in [2.24, 2.45) is 20.5 Å². The Labute approximate surface area is 275 Å². The molecule has 0 spiro atoms. The zero-order valence-electron chi connectivity index (χ0n) is 24.6. The maximum Gasteiger partial charge on any atom is 0.296 e. The highest BCUT2D eigenvalue weighted by atomic mass is 32.3. The molecule has 48 heavy (non-hydrogen) atoms. The molecule has 0 amide bonds. The molecule has 0 aliphatic carbocycles. The highest BCUT2D eigenvalue weighted by Crippen LogP contribution is 2.46. The van der Waals surface area contributed by atoms with Crippen molar-refractivity contribution in [3.05, 3.63) is 90.5 Å². The monoisotopic (exact) mass is 738 g/mol. The first kappa shape index (κ1) is 36.6. The average Bonchev–Trinajstić information content (AvgIpc) is 2.97. The molecule has 254 valence electrons. The van der Waals surface area contributed by atoms with Gasteiger partial charge in [-0.1, -0.05) is 42.5 Å². The smallest absolute Gasteiger partial charge is 0.296 e. The number of azo groups is 2. The molecule has 0 heterocycles. The Balaban J connectivity index is 0.000000968. The minimum Gasteiger partial charge on any atom is -0.304 e. The van der Waals surface area contributed by atoms with Gasteiger partial charge < -0.3 is 13.7 Å². The van der Waals surface area contributed by atoms with Crippen molar-refractivity contribution < 1.29 is 52.6 Å². The normalized spacial score (nSPS) is 13.2. The standard InChI is InChI=1S/C27H22N4O9S3.CH4O3S/c1-16-9-11-23(20-7-4-8-26(27(16)20)43(38,39)40)30-28-21-12-13-22(19-6-3-2-5-18(19)21)29-31-24-15-17(41(32,33)34)10-14-25(24)42(35,36)37;1-5(2,3)4/h2-15,32-34H,1H3,(H,35,36,37)(H,38,39,40);1H3,(H,2,3,4). The Morgan fingerprint density at radius 1 is 0.500 bits per heavy atom. The van der Waals surface area contributed by atoms with E-state index in [1.807, 2.05) is 0 Å². The van der Waals surface area contributed by atoms with Crippen LogP contribution < -0.4 is 0 Å². The summed E-state index contributed by atoms with van der Waals surface area (Å²) >= 11 is 0. The summed E-state index contributed by atoms with van der Waals surface area (Å²) in [6, 6.07) is 20.5. The van der Waals surface area contributed by atoms with Crippen LogP contribution in [0.3, 0.4) is 0 Å². The first-order valence-corrected chi connectivity index (χ1v) is 19.3. The van der Waals surface area contributed by atoms with E-state index in [0.717, 1.165) is 18.2 Å². The van der Waals surface area contributed by atoms with Crippen LogP contribution in [-0.2, 0) is 30.4 Å². The van der Waals surface area contributed by atoms with Gasteiger partial charge in [0.05, 0.1) is 28.2 Å². The molecular formula is C28H26N4O12S4. The molecule has 16 nitrogen and oxygen atoms in total. The van der Waals surface area contributed by atoms with Crippen molar-refractivity contribution in [1.29, 1.82) is 0 Å². The van der Waals surface area contributed by atoms with Crippen LogP contribution in [0.15, 0.2) is 120 Å². The van der Waals surface area contributed by atoms with Crippen molar-refractivity contribution in [3.63, 3.8) is 0 Å². The molecule has 5 rings (SSSR count). The summed E-state index contributed by atoms with van der Waals surface area (Å²) in [6.45, 7) is 1.71. The molecule has 0 radical (unpaired) electrons. The van der Waals surface area contributed by atoms with E-state index in [9.17, 15) is 48.0 Å². The van der Waals surface area contributed by atoms with E-state index in [-0.39, 0.29) is 10.6 Å². The summed E-state index contributed by atoms with van der Waals surface area (Å²) in [7, 11) is -17.1. The van der Waals surface area contributed by atoms with Crippen LogP contribution >= 0.6 is 10.9 Å². The SMILES string of the molecule is CS(=O)(=O)O.Cc1ccc(N=Nc2ccc(N=Nc3cc(S(O)(O)O)ccc3S(=O)(=O)O)c3ccccc23)c2cccc(S(=O)(=O)O)c12. The van der Waals surface area contributed by atoms with Gasteiger partial charge in [0.25, 0.3) is 30.4 Å². The molecule has 0 saturated carbocycles. The largest absolute Gasteiger partial charge is 0.304 e. The second-order valence-electron chi connectivity index (χ2n) is 9.96. The van der Waals surface area contributed by atoms with Crippen molar-refractivity contribution in [3.8, 4) is 0 Å². The third-order valence-corrected chi connectivity index (χ3v) is 9.08. The summed E-state index contributed by atoms with van der Waals surface area (Å²) in [4.78, 5) is -1.34. The van der Waals surface area contributed by atoms with Gasteiger partial charge in [-0.15, -0.1) is 20.5 Å². The number of hydrogen-bond acceptors (Lipinski definition) is 13. The molecule has 0 atom stereocenters. The van der Waals surface area contributed by atoms with E-state index in [4.69, 9.17) is 4.55 Å². The zero-order chi connectivity index (χ0) is 35.7. The first-order chi connectivity index (χ1) is 22.1. The quantitative estimate of drug-likeness (QED) is 0.0692. The predicted octanol–water partition coefficient (Wildman–Crippen LogP) is 7.71. The Bertz CT molecular complexity index is 2440. The summed E-state index contributed by atoms with van der Waals surface area (Å²) < 4.78 is 121. The molecule has 6 N–H and O–H groups in total. The average molecular weight is 739 g/mol. The van der Waals surface area contributed by atoms with E-state index in [0.29, 0.717) is 44.7 Å². The molecule has 0 unspecified atom stereocenters. The molecule has 0 saturated heterocycles. The third-order valence-electron chi connectivity index (χ3n) is 6.40. The fraction of sp³-hybridized carbons (Fsp3) is 0.0714. The third kappa shape index (κ3) is 9.02. The summed E-state index contributed by atoms with van der Waals surface area (Å²) in [5.41, 5.74) is 1.19. The van der Waals surface area contributed by atoms with Gasteiger partial charge in [-0.3, -0.25) is 13.7 Å². The minimum atomic E-state index is -4.78. The molecule has 0 fully saturated rings. The van der Waals surface area contributed by atoms with Crippen LogP contribution in [-0.4, -0.2) is 58.8 Å². The number of nitrogens with zero attached hydrogens (tertiary/aromatic N) is 4.